The molecule has 16 nitrogen and oxygen atoms in total. The van der Waals surface area contributed by atoms with E-state index in [-0.39, 0.29) is 69.4 Å². The fourth-order valence-electron chi connectivity index (χ4n) is 7.59. The summed E-state index contributed by atoms with van der Waals surface area (Å²) in [7, 11) is 6.42. The third kappa shape index (κ3) is 5.42. The molecular weight excluding hydrogens is 739 g/mol. The Kier molecular flexibility index (Phi) is 8.49. The van der Waals surface area contributed by atoms with E-state index in [0.717, 1.165) is 9.13 Å². The summed E-state index contributed by atoms with van der Waals surface area (Å²) in [4.78, 5) is 87.1. The van der Waals surface area contributed by atoms with E-state index >= 15 is 0 Å². The van der Waals surface area contributed by atoms with E-state index in [1.54, 1.807) is 59.6 Å². The number of aryl methyl sites for hydroxylation is 4. The number of fused-ring (bicyclic) bond motifs is 2. The summed E-state index contributed by atoms with van der Waals surface area (Å²) in [6.07, 6.45) is 1.72. The number of benzene rings is 2. The van der Waals surface area contributed by atoms with Crippen molar-refractivity contribution < 1.29 is 9.59 Å². The molecular formula is C36H34Cl2N10O6. The lowest BCUT2D eigenvalue weighted by molar-refractivity contribution is -0.120. The average Bonchev–Trinajstić information content (AvgIpc) is 3.93. The highest BCUT2D eigenvalue weighted by molar-refractivity contribution is 6.39. The van der Waals surface area contributed by atoms with Crippen LogP contribution in [-0.2, 0) is 50.9 Å². The van der Waals surface area contributed by atoms with Gasteiger partial charge in [-0.2, -0.15) is 0 Å². The summed E-state index contributed by atoms with van der Waals surface area (Å²) >= 11 is 14.3. The second-order valence-electron chi connectivity index (χ2n) is 13.8. The Bertz CT molecular complexity index is 2670. The second-order valence-corrected chi connectivity index (χ2v) is 14.5. The number of amides is 2. The molecule has 278 valence electrons. The van der Waals surface area contributed by atoms with Crippen LogP contribution in [0.25, 0.3) is 56.2 Å². The Balaban J connectivity index is 1.21. The van der Waals surface area contributed by atoms with Crippen molar-refractivity contribution in [3.05, 3.63) is 88.1 Å². The molecule has 0 aliphatic carbocycles. The van der Waals surface area contributed by atoms with Gasteiger partial charge in [-0.1, -0.05) is 47.5 Å². The van der Waals surface area contributed by atoms with Gasteiger partial charge in [0, 0.05) is 75.4 Å². The molecule has 8 rings (SSSR count). The number of hydrogen-bond donors (Lipinski definition) is 2. The summed E-state index contributed by atoms with van der Waals surface area (Å²) < 4.78 is 8.06. The third-order valence-electron chi connectivity index (χ3n) is 10.5. The fourth-order valence-corrected chi connectivity index (χ4v) is 8.21. The van der Waals surface area contributed by atoms with Crippen LogP contribution >= 0.6 is 23.2 Å². The SMILES string of the molecule is Cn1c(-c2cccc(-c3cccc(-c4nc5c(c(=O)n(C[C@@H]6CCC(=O)N6)c(=O)n5C)n4C)c3Cl)c2Cl)nc2c1c(=O)n(C[C@@H]1CCC(=O)N1)c(=O)n2C. The first-order chi connectivity index (χ1) is 25.8. The van der Waals surface area contributed by atoms with Gasteiger partial charge in [0.05, 0.1) is 23.1 Å². The zero-order chi connectivity index (χ0) is 38.3. The molecule has 2 aromatic carbocycles. The van der Waals surface area contributed by atoms with Gasteiger partial charge in [-0.15, -0.1) is 0 Å². The van der Waals surface area contributed by atoms with Gasteiger partial charge in [0.1, 0.15) is 11.6 Å². The monoisotopic (exact) mass is 772 g/mol. The van der Waals surface area contributed by atoms with Gasteiger partial charge < -0.3 is 19.8 Å². The summed E-state index contributed by atoms with van der Waals surface area (Å²) in [6, 6.07) is 9.97. The molecule has 0 bridgehead atoms. The smallest absolute Gasteiger partial charge is 0.332 e. The summed E-state index contributed by atoms with van der Waals surface area (Å²) in [6.45, 7) is 0.0772. The lowest BCUT2D eigenvalue weighted by atomic mass is 10.00. The normalized spacial score (nSPS) is 17.2. The first-order valence-electron chi connectivity index (χ1n) is 17.3. The van der Waals surface area contributed by atoms with Crippen LogP contribution in [0.1, 0.15) is 25.7 Å². The number of rotatable bonds is 7. The Hall–Kier alpha value is -5.74. The number of aromatic nitrogens is 8. The van der Waals surface area contributed by atoms with Crippen LogP contribution in [0.15, 0.2) is 55.6 Å². The predicted octanol–water partition coefficient (Wildman–Crippen LogP) is 2.05. The molecule has 2 aliphatic rings. The Morgan fingerprint density at radius 1 is 0.593 bits per heavy atom. The molecule has 0 saturated carbocycles. The molecule has 0 radical (unpaired) electrons. The molecule has 6 aromatic rings. The highest BCUT2D eigenvalue weighted by atomic mass is 35.5. The van der Waals surface area contributed by atoms with Crippen LogP contribution in [0, 0.1) is 0 Å². The molecule has 54 heavy (non-hydrogen) atoms. The van der Waals surface area contributed by atoms with Crippen LogP contribution in [0.2, 0.25) is 10.0 Å². The maximum atomic E-state index is 13.8. The highest BCUT2D eigenvalue weighted by Crippen LogP contribution is 2.42. The van der Waals surface area contributed by atoms with Crippen LogP contribution < -0.4 is 33.1 Å². The third-order valence-corrected chi connectivity index (χ3v) is 11.3. The van der Waals surface area contributed by atoms with Crippen LogP contribution in [-0.4, -0.2) is 61.3 Å². The molecule has 2 amide bonds. The van der Waals surface area contributed by atoms with E-state index < -0.39 is 22.5 Å². The van der Waals surface area contributed by atoms with Gasteiger partial charge in [0.15, 0.2) is 22.3 Å². The molecule has 0 unspecified atom stereocenters. The Morgan fingerprint density at radius 3 is 1.31 bits per heavy atom. The van der Waals surface area contributed by atoms with Crippen molar-refractivity contribution in [1.29, 1.82) is 0 Å². The van der Waals surface area contributed by atoms with Crippen molar-refractivity contribution in [2.75, 3.05) is 0 Å². The molecule has 0 spiro atoms. The number of nitrogens with one attached hydrogen (secondary N) is 2. The van der Waals surface area contributed by atoms with Gasteiger partial charge in [-0.25, -0.2) is 19.6 Å². The minimum absolute atomic E-state index is 0.0386. The molecule has 2 saturated heterocycles. The number of imidazole rings is 2. The van der Waals surface area contributed by atoms with Crippen molar-refractivity contribution >= 4 is 57.3 Å². The molecule has 4 aromatic heterocycles. The molecule has 2 fully saturated rings. The fraction of sp³-hybridized carbons (Fsp3) is 0.333. The van der Waals surface area contributed by atoms with Crippen molar-refractivity contribution in [1.82, 2.24) is 48.0 Å². The van der Waals surface area contributed by atoms with E-state index in [1.807, 2.05) is 0 Å². The summed E-state index contributed by atoms with van der Waals surface area (Å²) in [5, 5.41) is 6.18. The topological polar surface area (TPSA) is 182 Å². The zero-order valence-corrected chi connectivity index (χ0v) is 31.2. The summed E-state index contributed by atoms with van der Waals surface area (Å²) in [5.41, 5.74) is 0.633. The van der Waals surface area contributed by atoms with Crippen LogP contribution in [0.3, 0.4) is 0 Å². The maximum Gasteiger partial charge on any atom is 0.332 e. The van der Waals surface area contributed by atoms with Crippen LogP contribution in [0.4, 0.5) is 0 Å². The summed E-state index contributed by atoms with van der Waals surface area (Å²) in [5.74, 6) is 0.444. The molecule has 6 heterocycles. The van der Waals surface area contributed by atoms with Crippen molar-refractivity contribution in [3.8, 4) is 33.9 Å². The van der Waals surface area contributed by atoms with Gasteiger partial charge in [0.25, 0.3) is 11.1 Å². The molecule has 2 N–H and O–H groups in total. The number of carbonyl (C=O) groups excluding carboxylic acids is 2. The number of nitrogens with zero attached hydrogens (tertiary/aromatic N) is 8. The van der Waals surface area contributed by atoms with E-state index in [4.69, 9.17) is 33.2 Å². The van der Waals surface area contributed by atoms with Gasteiger partial charge in [-0.3, -0.25) is 37.4 Å². The average molecular weight is 774 g/mol. The first-order valence-corrected chi connectivity index (χ1v) is 18.0. The largest absolute Gasteiger partial charge is 0.352 e. The quantitative estimate of drug-likeness (QED) is 0.247. The number of carbonyl (C=O) groups is 2. The van der Waals surface area contributed by atoms with Gasteiger partial charge in [-0.05, 0) is 25.0 Å². The van der Waals surface area contributed by atoms with E-state index in [2.05, 4.69) is 10.6 Å². The van der Waals surface area contributed by atoms with E-state index in [0.29, 0.717) is 59.6 Å². The lowest BCUT2D eigenvalue weighted by Gasteiger charge is -2.14. The zero-order valence-electron chi connectivity index (χ0n) is 29.6. The Morgan fingerprint density at radius 2 is 0.963 bits per heavy atom. The lowest BCUT2D eigenvalue weighted by Crippen LogP contribution is -2.44. The minimum Gasteiger partial charge on any atom is -0.352 e. The van der Waals surface area contributed by atoms with Crippen molar-refractivity contribution in [2.24, 2.45) is 28.2 Å². The first kappa shape index (κ1) is 35.3. The van der Waals surface area contributed by atoms with Crippen LogP contribution in [0.5, 0.6) is 0 Å². The molecule has 18 heteroatoms. The standard InChI is InChI=1S/C36H34Cl2N10O6/c1-43-27-31(45(3)35(53)47(33(27)51)15-17-11-13-23(49)39-17)41-29(43)21-9-5-7-19(25(21)37)20-8-6-10-22(26(20)38)30-42-32-28(44(30)2)34(52)48(36(54)46(32)4)16-18-12-14-24(50)40-18/h5-10,17-18H,11-16H2,1-4H3,(H,39,49)(H,40,50)/t17-,18-/m0/s1. The van der Waals surface area contributed by atoms with Gasteiger partial charge >= 0.3 is 11.4 Å². The van der Waals surface area contributed by atoms with Crippen molar-refractivity contribution in [2.45, 2.75) is 50.9 Å². The maximum absolute atomic E-state index is 13.8. The number of hydrogen-bond acceptors (Lipinski definition) is 8. The minimum atomic E-state index is -0.551. The van der Waals surface area contributed by atoms with E-state index in [1.165, 1.54) is 23.2 Å². The predicted molar refractivity (Wildman–Crippen MR) is 203 cm³/mol. The molecule has 2 atom stereocenters. The van der Waals surface area contributed by atoms with E-state index in [9.17, 15) is 28.8 Å². The van der Waals surface area contributed by atoms with Gasteiger partial charge in [0.2, 0.25) is 11.8 Å². The highest BCUT2D eigenvalue weighted by Gasteiger charge is 2.28. The van der Waals surface area contributed by atoms with Crippen molar-refractivity contribution in [3.63, 3.8) is 0 Å². The number of halogens is 2. The molecule has 2 aliphatic heterocycles. The second kappa shape index (κ2) is 13.0. The Labute approximate surface area is 315 Å².